The number of halogens is 1. The van der Waals surface area contributed by atoms with Gasteiger partial charge in [0.05, 0.1) is 12.7 Å². The molecule has 0 aliphatic rings. The summed E-state index contributed by atoms with van der Waals surface area (Å²) in [5.74, 6) is -1.45. The van der Waals surface area contributed by atoms with Gasteiger partial charge in [0.1, 0.15) is 5.82 Å². The van der Waals surface area contributed by atoms with Gasteiger partial charge in [-0.05, 0) is 12.1 Å². The van der Waals surface area contributed by atoms with Gasteiger partial charge < -0.3 is 9.76 Å². The van der Waals surface area contributed by atoms with Gasteiger partial charge in [-0.15, -0.1) is 0 Å². The van der Waals surface area contributed by atoms with E-state index in [9.17, 15) is 9.18 Å². The molecule has 0 bridgehead atoms. The minimum atomic E-state index is -0.734. The zero-order valence-corrected chi connectivity index (χ0v) is 6.95. The fraction of sp³-hybridized carbons (Fsp3) is 0.125. The van der Waals surface area contributed by atoms with E-state index in [-0.39, 0.29) is 5.56 Å². The summed E-state index contributed by atoms with van der Waals surface area (Å²) in [7, 11) is 1.93. The van der Waals surface area contributed by atoms with E-state index in [0.717, 1.165) is 13.5 Å². The number of rotatable bonds is 2. The van der Waals surface area contributed by atoms with Crippen molar-refractivity contribution < 1.29 is 18.9 Å². The van der Waals surface area contributed by atoms with E-state index in [1.807, 2.05) is 0 Å². The minimum Gasteiger partial charge on any atom is -0.465 e. The van der Waals surface area contributed by atoms with Crippen molar-refractivity contribution in [3.05, 3.63) is 29.6 Å². The van der Waals surface area contributed by atoms with Crippen molar-refractivity contribution in [2.45, 2.75) is 0 Å². The Hall–Kier alpha value is -1.36. The molecule has 0 aliphatic heterocycles. The number of hydrogen-bond acceptors (Lipinski definition) is 3. The first-order valence-corrected chi connectivity index (χ1v) is 3.54. The predicted octanol–water partition coefficient (Wildman–Crippen LogP) is -0.151. The van der Waals surface area contributed by atoms with Crippen LogP contribution in [0, 0.1) is 5.82 Å². The Labute approximate surface area is 75.4 Å². The highest BCUT2D eigenvalue weighted by atomic mass is 19.1. The smallest absolute Gasteiger partial charge is 0.340 e. The maximum absolute atomic E-state index is 13.0. The van der Waals surface area contributed by atoms with Crippen LogP contribution in [0.1, 0.15) is 10.4 Å². The third kappa shape index (κ3) is 2.06. The first kappa shape index (κ1) is 9.73. The van der Waals surface area contributed by atoms with Gasteiger partial charge in [-0.25, -0.2) is 9.18 Å². The Morgan fingerprint density at radius 3 is 2.77 bits per heavy atom. The molecule has 0 amide bonds. The SMILES string of the molecule is COC(=O)c1ccc([B]O)cc1F. The van der Waals surface area contributed by atoms with E-state index in [1.165, 1.54) is 19.2 Å². The van der Waals surface area contributed by atoms with Gasteiger partial charge in [-0.2, -0.15) is 0 Å². The molecule has 13 heavy (non-hydrogen) atoms. The molecule has 0 heterocycles. The number of esters is 1. The monoisotopic (exact) mass is 181 g/mol. The Kier molecular flexibility index (Phi) is 3.03. The first-order chi connectivity index (χ1) is 6.19. The van der Waals surface area contributed by atoms with Gasteiger partial charge in [-0.3, -0.25) is 0 Å². The highest BCUT2D eigenvalue weighted by molar-refractivity contribution is 6.45. The van der Waals surface area contributed by atoms with Crippen LogP contribution in [0.2, 0.25) is 0 Å². The molecule has 3 nitrogen and oxygen atoms in total. The van der Waals surface area contributed by atoms with Gasteiger partial charge in [0.15, 0.2) is 0 Å². The Morgan fingerprint density at radius 1 is 1.62 bits per heavy atom. The Bertz CT molecular complexity index is 327. The highest BCUT2D eigenvalue weighted by Gasteiger charge is 2.11. The summed E-state index contributed by atoms with van der Waals surface area (Å²) in [4.78, 5) is 10.9. The van der Waals surface area contributed by atoms with Crippen LogP contribution in [-0.4, -0.2) is 25.6 Å². The summed E-state index contributed by atoms with van der Waals surface area (Å²) in [6.45, 7) is 0. The summed E-state index contributed by atoms with van der Waals surface area (Å²) in [5, 5.41) is 8.54. The first-order valence-electron chi connectivity index (χ1n) is 3.54. The van der Waals surface area contributed by atoms with Crippen LogP contribution in [0.5, 0.6) is 0 Å². The van der Waals surface area contributed by atoms with E-state index in [1.54, 1.807) is 0 Å². The van der Waals surface area contributed by atoms with Crippen LogP contribution in [0.3, 0.4) is 0 Å². The second-order valence-corrected chi connectivity index (χ2v) is 2.36. The fourth-order valence-electron chi connectivity index (χ4n) is 0.887. The van der Waals surface area contributed by atoms with Crippen molar-refractivity contribution in [2.24, 2.45) is 0 Å². The highest BCUT2D eigenvalue weighted by Crippen LogP contribution is 2.05. The van der Waals surface area contributed by atoms with Crippen LogP contribution < -0.4 is 5.46 Å². The topological polar surface area (TPSA) is 46.5 Å². The zero-order valence-electron chi connectivity index (χ0n) is 6.95. The van der Waals surface area contributed by atoms with Crippen LogP contribution >= 0.6 is 0 Å². The zero-order chi connectivity index (χ0) is 9.84. The van der Waals surface area contributed by atoms with Crippen molar-refractivity contribution in [1.29, 1.82) is 0 Å². The Balaban J connectivity index is 3.05. The average molecular weight is 181 g/mol. The molecule has 0 aromatic heterocycles. The van der Waals surface area contributed by atoms with Crippen molar-refractivity contribution in [3.63, 3.8) is 0 Å². The van der Waals surface area contributed by atoms with Crippen molar-refractivity contribution >= 4 is 18.9 Å². The van der Waals surface area contributed by atoms with Crippen molar-refractivity contribution in [3.8, 4) is 0 Å². The molecule has 67 valence electrons. The lowest BCUT2D eigenvalue weighted by atomic mass is 9.88. The quantitative estimate of drug-likeness (QED) is 0.509. The standard InChI is InChI=1S/C8H7BFO3/c1-13-8(11)6-3-2-5(9-12)4-7(6)10/h2-4,12H,1H3. The number of carbonyl (C=O) groups is 1. The third-order valence-corrected chi connectivity index (χ3v) is 1.55. The largest absolute Gasteiger partial charge is 0.465 e. The van der Waals surface area contributed by atoms with Crippen molar-refractivity contribution in [1.82, 2.24) is 0 Å². The molecule has 0 saturated carbocycles. The lowest BCUT2D eigenvalue weighted by molar-refractivity contribution is 0.0595. The number of benzene rings is 1. The second-order valence-electron chi connectivity index (χ2n) is 2.36. The van der Waals surface area contributed by atoms with Crippen LogP contribution in [0.15, 0.2) is 18.2 Å². The molecule has 5 heteroatoms. The molecule has 0 spiro atoms. The lowest BCUT2D eigenvalue weighted by Gasteiger charge is -2.01. The number of methoxy groups -OCH3 is 1. The van der Waals surface area contributed by atoms with Crippen molar-refractivity contribution in [2.75, 3.05) is 7.11 Å². The fourth-order valence-corrected chi connectivity index (χ4v) is 0.887. The van der Waals surface area contributed by atoms with E-state index in [2.05, 4.69) is 4.74 Å². The molecular weight excluding hydrogens is 174 g/mol. The minimum absolute atomic E-state index is 0.145. The van der Waals surface area contributed by atoms with E-state index in [4.69, 9.17) is 5.02 Å². The maximum atomic E-state index is 13.0. The maximum Gasteiger partial charge on any atom is 0.340 e. The molecule has 0 saturated heterocycles. The molecule has 1 radical (unpaired) electrons. The van der Waals surface area contributed by atoms with Crippen LogP contribution in [-0.2, 0) is 4.74 Å². The van der Waals surface area contributed by atoms with E-state index in [0.29, 0.717) is 5.46 Å². The summed E-state index contributed by atoms with van der Waals surface area (Å²) in [6.07, 6.45) is 0. The third-order valence-electron chi connectivity index (χ3n) is 1.55. The number of carbonyl (C=O) groups excluding carboxylic acids is 1. The molecular formula is C8H7BFO3. The summed E-state index contributed by atoms with van der Waals surface area (Å²) in [5.41, 5.74) is 0.151. The normalized spacial score (nSPS) is 9.46. The summed E-state index contributed by atoms with van der Waals surface area (Å²) >= 11 is 0. The predicted molar refractivity (Wildman–Crippen MR) is 45.3 cm³/mol. The molecule has 0 aliphatic carbocycles. The lowest BCUT2D eigenvalue weighted by Crippen LogP contribution is -2.16. The molecule has 0 atom stereocenters. The van der Waals surface area contributed by atoms with E-state index >= 15 is 0 Å². The average Bonchev–Trinajstić information content (AvgIpc) is 2.16. The molecule has 1 aromatic rings. The number of hydrogen-bond donors (Lipinski definition) is 1. The van der Waals surface area contributed by atoms with Gasteiger partial charge in [-0.1, -0.05) is 11.5 Å². The molecule has 1 N–H and O–H groups in total. The molecule has 1 aromatic carbocycles. The number of ether oxygens (including phenoxy) is 1. The van der Waals surface area contributed by atoms with Gasteiger partial charge in [0.2, 0.25) is 0 Å². The molecule has 0 unspecified atom stereocenters. The summed E-state index contributed by atoms with van der Waals surface area (Å²) < 4.78 is 17.4. The van der Waals surface area contributed by atoms with Crippen LogP contribution in [0.4, 0.5) is 4.39 Å². The van der Waals surface area contributed by atoms with Gasteiger partial charge in [0, 0.05) is 0 Å². The van der Waals surface area contributed by atoms with E-state index < -0.39 is 11.8 Å². The van der Waals surface area contributed by atoms with Crippen LogP contribution in [0.25, 0.3) is 0 Å². The molecule has 0 fully saturated rings. The Morgan fingerprint density at radius 2 is 2.31 bits per heavy atom. The summed E-state index contributed by atoms with van der Waals surface area (Å²) in [6, 6.07) is 3.71. The van der Waals surface area contributed by atoms with Gasteiger partial charge >= 0.3 is 13.5 Å². The van der Waals surface area contributed by atoms with Gasteiger partial charge in [0.25, 0.3) is 0 Å². The second kappa shape index (κ2) is 4.05. The molecule has 1 rings (SSSR count).